The summed E-state index contributed by atoms with van der Waals surface area (Å²) >= 11 is 0. The molecule has 106 valence electrons. The van der Waals surface area contributed by atoms with Gasteiger partial charge in [0.25, 0.3) is 0 Å². The summed E-state index contributed by atoms with van der Waals surface area (Å²) in [5.41, 5.74) is 8.65. The summed E-state index contributed by atoms with van der Waals surface area (Å²) in [5.74, 6) is 0.917. The molecule has 2 aromatic rings. The molecule has 0 unspecified atom stereocenters. The molecule has 0 saturated heterocycles. The number of hydrogen-bond donors (Lipinski definition) is 1. The molecule has 1 aromatic heterocycles. The molecular formula is C17H22N2O. The number of nitrogens with zero attached hydrogens (tertiary/aromatic N) is 1. The van der Waals surface area contributed by atoms with Crippen LogP contribution >= 0.6 is 0 Å². The summed E-state index contributed by atoms with van der Waals surface area (Å²) in [5, 5.41) is 0. The number of rotatable bonds is 4. The van der Waals surface area contributed by atoms with Crippen molar-refractivity contribution in [3.63, 3.8) is 0 Å². The van der Waals surface area contributed by atoms with Crippen LogP contribution in [0.25, 0.3) is 0 Å². The molecule has 1 aromatic carbocycles. The van der Waals surface area contributed by atoms with Crippen molar-refractivity contribution < 1.29 is 4.74 Å². The summed E-state index contributed by atoms with van der Waals surface area (Å²) in [6.45, 7) is 7.46. The second-order valence-corrected chi connectivity index (χ2v) is 5.86. The maximum Gasteiger partial charge on any atom is 0.130 e. The van der Waals surface area contributed by atoms with Gasteiger partial charge in [0.2, 0.25) is 0 Å². The molecule has 0 aliphatic rings. The lowest BCUT2D eigenvalue weighted by atomic mass is 9.86. The molecule has 0 bridgehead atoms. The fourth-order valence-electron chi connectivity index (χ4n) is 2.09. The van der Waals surface area contributed by atoms with Crippen LogP contribution in [0.4, 0.5) is 0 Å². The van der Waals surface area contributed by atoms with Gasteiger partial charge in [-0.2, -0.15) is 0 Å². The smallest absolute Gasteiger partial charge is 0.130 e. The number of nitrogens with two attached hydrogens (primary N) is 1. The van der Waals surface area contributed by atoms with Gasteiger partial charge in [0.05, 0.1) is 11.4 Å². The second kappa shape index (κ2) is 6.06. The molecule has 0 radical (unpaired) electrons. The summed E-state index contributed by atoms with van der Waals surface area (Å²) in [4.78, 5) is 4.45. The van der Waals surface area contributed by atoms with Crippen molar-refractivity contribution in [1.82, 2.24) is 4.98 Å². The van der Waals surface area contributed by atoms with Crippen LogP contribution in [0.3, 0.4) is 0 Å². The predicted octanol–water partition coefficient (Wildman–Crippen LogP) is 3.42. The molecule has 0 spiro atoms. The molecule has 0 aliphatic heterocycles. The van der Waals surface area contributed by atoms with Gasteiger partial charge in [-0.05, 0) is 29.2 Å². The Morgan fingerprint density at radius 2 is 1.70 bits per heavy atom. The number of aromatic nitrogens is 1. The van der Waals surface area contributed by atoms with Crippen molar-refractivity contribution in [2.45, 2.75) is 39.3 Å². The first kappa shape index (κ1) is 14.5. The van der Waals surface area contributed by atoms with Gasteiger partial charge >= 0.3 is 0 Å². The molecule has 20 heavy (non-hydrogen) atoms. The quantitative estimate of drug-likeness (QED) is 0.926. The van der Waals surface area contributed by atoms with Crippen molar-refractivity contribution in [3.05, 3.63) is 59.4 Å². The van der Waals surface area contributed by atoms with Crippen LogP contribution in [0, 0.1) is 0 Å². The first-order valence-electron chi connectivity index (χ1n) is 6.88. The van der Waals surface area contributed by atoms with Gasteiger partial charge in [-0.3, -0.25) is 4.98 Å². The van der Waals surface area contributed by atoms with Gasteiger partial charge in [-0.15, -0.1) is 0 Å². The molecule has 2 N–H and O–H groups in total. The zero-order valence-corrected chi connectivity index (χ0v) is 12.4. The predicted molar refractivity (Wildman–Crippen MR) is 81.6 cm³/mol. The fraction of sp³-hybridized carbons (Fsp3) is 0.353. The van der Waals surface area contributed by atoms with Gasteiger partial charge in [0.15, 0.2) is 0 Å². The standard InChI is InChI=1S/C17H22N2O/c1-17(2,3)15-9-4-5-10-16(15)20-12-14-8-6-7-13(11-18)19-14/h4-10H,11-12,18H2,1-3H3. The van der Waals surface area contributed by atoms with E-state index >= 15 is 0 Å². The number of pyridine rings is 1. The molecule has 0 amide bonds. The number of hydrogen-bond acceptors (Lipinski definition) is 3. The number of para-hydroxylation sites is 1. The van der Waals surface area contributed by atoms with E-state index in [4.69, 9.17) is 10.5 Å². The van der Waals surface area contributed by atoms with Gasteiger partial charge in [0.1, 0.15) is 12.4 Å². The van der Waals surface area contributed by atoms with Crippen LogP contribution in [0.2, 0.25) is 0 Å². The molecule has 0 saturated carbocycles. The first-order valence-corrected chi connectivity index (χ1v) is 6.88. The van der Waals surface area contributed by atoms with E-state index in [1.165, 1.54) is 5.56 Å². The zero-order valence-electron chi connectivity index (χ0n) is 12.4. The first-order chi connectivity index (χ1) is 9.50. The highest BCUT2D eigenvalue weighted by Crippen LogP contribution is 2.31. The third kappa shape index (κ3) is 3.58. The topological polar surface area (TPSA) is 48.1 Å². The van der Waals surface area contributed by atoms with E-state index in [2.05, 4.69) is 31.8 Å². The van der Waals surface area contributed by atoms with E-state index in [-0.39, 0.29) is 5.41 Å². The molecular weight excluding hydrogens is 248 g/mol. The van der Waals surface area contributed by atoms with Crippen molar-refractivity contribution in [2.75, 3.05) is 0 Å². The normalized spacial score (nSPS) is 11.4. The van der Waals surface area contributed by atoms with E-state index in [1.54, 1.807) is 0 Å². The Hall–Kier alpha value is -1.87. The summed E-state index contributed by atoms with van der Waals surface area (Å²) in [7, 11) is 0. The molecule has 2 rings (SSSR count). The van der Waals surface area contributed by atoms with Crippen LogP contribution in [0.1, 0.15) is 37.7 Å². The van der Waals surface area contributed by atoms with E-state index in [1.807, 2.05) is 36.4 Å². The number of benzene rings is 1. The lowest BCUT2D eigenvalue weighted by molar-refractivity contribution is 0.292. The Morgan fingerprint density at radius 1 is 1.00 bits per heavy atom. The zero-order chi connectivity index (χ0) is 14.6. The third-order valence-corrected chi connectivity index (χ3v) is 3.14. The maximum atomic E-state index is 5.95. The minimum Gasteiger partial charge on any atom is -0.487 e. The second-order valence-electron chi connectivity index (χ2n) is 5.86. The van der Waals surface area contributed by atoms with Gasteiger partial charge < -0.3 is 10.5 Å². The van der Waals surface area contributed by atoms with Gasteiger partial charge in [-0.25, -0.2) is 0 Å². The Bertz CT molecular complexity index is 573. The van der Waals surface area contributed by atoms with E-state index in [9.17, 15) is 0 Å². The van der Waals surface area contributed by atoms with E-state index < -0.39 is 0 Å². The maximum absolute atomic E-state index is 5.95. The highest BCUT2D eigenvalue weighted by atomic mass is 16.5. The van der Waals surface area contributed by atoms with E-state index in [0.29, 0.717) is 13.2 Å². The number of ether oxygens (including phenoxy) is 1. The van der Waals surface area contributed by atoms with Crippen LogP contribution in [-0.2, 0) is 18.6 Å². The van der Waals surface area contributed by atoms with Crippen molar-refractivity contribution >= 4 is 0 Å². The van der Waals surface area contributed by atoms with Crippen LogP contribution in [0.5, 0.6) is 5.75 Å². The monoisotopic (exact) mass is 270 g/mol. The Morgan fingerprint density at radius 3 is 2.40 bits per heavy atom. The van der Waals surface area contributed by atoms with Crippen LogP contribution < -0.4 is 10.5 Å². The van der Waals surface area contributed by atoms with Gasteiger partial charge in [0, 0.05) is 6.54 Å². The molecule has 0 aliphatic carbocycles. The highest BCUT2D eigenvalue weighted by molar-refractivity contribution is 5.38. The van der Waals surface area contributed by atoms with Crippen molar-refractivity contribution in [1.29, 1.82) is 0 Å². The van der Waals surface area contributed by atoms with Crippen LogP contribution in [-0.4, -0.2) is 4.98 Å². The summed E-state index contributed by atoms with van der Waals surface area (Å²) in [6.07, 6.45) is 0. The molecule has 3 heteroatoms. The lowest BCUT2D eigenvalue weighted by Gasteiger charge is -2.22. The molecule has 0 fully saturated rings. The van der Waals surface area contributed by atoms with Crippen molar-refractivity contribution in [2.24, 2.45) is 5.73 Å². The van der Waals surface area contributed by atoms with E-state index in [0.717, 1.165) is 17.1 Å². The summed E-state index contributed by atoms with van der Waals surface area (Å²) in [6, 6.07) is 14.0. The average molecular weight is 270 g/mol. The third-order valence-electron chi connectivity index (χ3n) is 3.14. The van der Waals surface area contributed by atoms with Gasteiger partial charge in [-0.1, -0.05) is 45.0 Å². The highest BCUT2D eigenvalue weighted by Gasteiger charge is 2.18. The largest absolute Gasteiger partial charge is 0.487 e. The SMILES string of the molecule is CC(C)(C)c1ccccc1OCc1cccc(CN)n1. The Labute approximate surface area is 120 Å². The van der Waals surface area contributed by atoms with Crippen molar-refractivity contribution in [3.8, 4) is 5.75 Å². The minimum absolute atomic E-state index is 0.0587. The Balaban J connectivity index is 2.15. The summed E-state index contributed by atoms with van der Waals surface area (Å²) < 4.78 is 5.95. The Kier molecular flexibility index (Phi) is 4.40. The van der Waals surface area contributed by atoms with Crippen LogP contribution in [0.15, 0.2) is 42.5 Å². The average Bonchev–Trinajstić information content (AvgIpc) is 2.44. The lowest BCUT2D eigenvalue weighted by Crippen LogP contribution is -2.13. The molecule has 0 atom stereocenters. The fourth-order valence-corrected chi connectivity index (χ4v) is 2.09. The molecule has 3 nitrogen and oxygen atoms in total. The molecule has 1 heterocycles. The minimum atomic E-state index is 0.0587.